The van der Waals surface area contributed by atoms with Crippen LogP contribution >= 0.6 is 0 Å². The second-order valence-electron chi connectivity index (χ2n) is 2.80. The molecule has 1 rings (SSSR count). The van der Waals surface area contributed by atoms with Gasteiger partial charge in [-0.15, -0.1) is 0 Å². The average Bonchev–Trinajstić information content (AvgIpc) is 2.11. The predicted molar refractivity (Wildman–Crippen MR) is 38.1 cm³/mol. The number of carbonyl (C=O) groups excluding carboxylic acids is 1. The van der Waals surface area contributed by atoms with E-state index >= 15 is 0 Å². The van der Waals surface area contributed by atoms with Gasteiger partial charge in [0.05, 0.1) is 6.42 Å². The van der Waals surface area contributed by atoms with Crippen molar-refractivity contribution >= 4 is 5.97 Å². The second-order valence-corrected chi connectivity index (χ2v) is 2.80. The molecule has 1 unspecified atom stereocenters. The Morgan fingerprint density at radius 2 is 2.27 bits per heavy atom. The Morgan fingerprint density at radius 1 is 1.53 bits per heavy atom. The summed E-state index contributed by atoms with van der Waals surface area (Å²) in [7, 11) is 0. The number of hydrogen-bond donors (Lipinski definition) is 1. The molecule has 1 heterocycles. The SMILES string of the molecule is O=C1CC(O)(CCO[O-])OCOCO1.[K+]. The van der Waals surface area contributed by atoms with E-state index in [2.05, 4.69) is 14.4 Å². The van der Waals surface area contributed by atoms with Crippen molar-refractivity contribution in [3.05, 3.63) is 0 Å². The maximum atomic E-state index is 11.0. The van der Waals surface area contributed by atoms with Crippen LogP contribution < -0.4 is 56.6 Å². The minimum Gasteiger partial charge on any atom is -0.723 e. The van der Waals surface area contributed by atoms with E-state index in [0.717, 1.165) is 0 Å². The average molecular weight is 246 g/mol. The van der Waals surface area contributed by atoms with Gasteiger partial charge in [0.2, 0.25) is 0 Å². The molecule has 1 aliphatic rings. The molecule has 0 aromatic rings. The summed E-state index contributed by atoms with van der Waals surface area (Å²) in [4.78, 5) is 14.5. The number of ether oxygens (including phenoxy) is 3. The first-order chi connectivity index (χ1) is 6.66. The van der Waals surface area contributed by atoms with Crippen LogP contribution in [0.3, 0.4) is 0 Å². The molecule has 8 heteroatoms. The molecule has 1 N–H and O–H groups in total. The monoisotopic (exact) mass is 246 g/mol. The van der Waals surface area contributed by atoms with Crippen LogP contribution in [0.2, 0.25) is 0 Å². The third kappa shape index (κ3) is 6.27. The van der Waals surface area contributed by atoms with Crippen LogP contribution in [-0.4, -0.2) is 37.1 Å². The molecule has 1 fully saturated rings. The fraction of sp³-hybridized carbons (Fsp3) is 0.857. The Balaban J connectivity index is 0.00000196. The zero-order valence-corrected chi connectivity index (χ0v) is 11.6. The van der Waals surface area contributed by atoms with Crippen molar-refractivity contribution in [2.24, 2.45) is 0 Å². The fourth-order valence-corrected chi connectivity index (χ4v) is 0.982. The maximum Gasteiger partial charge on any atom is 1.00 e. The van der Waals surface area contributed by atoms with Crippen LogP contribution in [0.1, 0.15) is 12.8 Å². The number of hydrogen-bond acceptors (Lipinski definition) is 7. The Bertz CT molecular complexity index is 196. The van der Waals surface area contributed by atoms with Crippen molar-refractivity contribution in [3.8, 4) is 0 Å². The van der Waals surface area contributed by atoms with E-state index < -0.39 is 11.8 Å². The first-order valence-electron chi connectivity index (χ1n) is 4.01. The standard InChI is InChI=1S/C7H12O7.K/c8-6-3-7(9,1-2-14-10)13-5-11-4-12-6;/h9-10H,1-5H2;/q;+1/p-1. The van der Waals surface area contributed by atoms with Crippen LogP contribution in [0, 0.1) is 0 Å². The van der Waals surface area contributed by atoms with Gasteiger partial charge in [-0.05, 0) is 0 Å². The number of aliphatic hydroxyl groups is 1. The summed E-state index contributed by atoms with van der Waals surface area (Å²) in [5.41, 5.74) is 0. The zero-order valence-electron chi connectivity index (χ0n) is 8.43. The van der Waals surface area contributed by atoms with Gasteiger partial charge in [-0.2, -0.15) is 0 Å². The van der Waals surface area contributed by atoms with E-state index in [1.807, 2.05) is 0 Å². The molecule has 0 aliphatic carbocycles. The minimum absolute atomic E-state index is 0. The predicted octanol–water partition coefficient (Wildman–Crippen LogP) is -4.74. The molecule has 0 saturated carbocycles. The van der Waals surface area contributed by atoms with Gasteiger partial charge in [-0.25, -0.2) is 0 Å². The van der Waals surface area contributed by atoms with Gasteiger partial charge in [-0.1, -0.05) is 0 Å². The van der Waals surface area contributed by atoms with Crippen molar-refractivity contribution in [2.45, 2.75) is 18.6 Å². The second kappa shape index (κ2) is 8.06. The molecular formula is C7H11KO7. The first-order valence-corrected chi connectivity index (χ1v) is 4.01. The summed E-state index contributed by atoms with van der Waals surface area (Å²) in [6.07, 6.45) is -0.464. The van der Waals surface area contributed by atoms with Crippen molar-refractivity contribution in [1.29, 1.82) is 0 Å². The van der Waals surface area contributed by atoms with Crippen LogP contribution in [0.15, 0.2) is 0 Å². The molecule has 0 aromatic carbocycles. The normalized spacial score (nSPS) is 27.2. The summed E-state index contributed by atoms with van der Waals surface area (Å²) in [5, 5.41) is 19.4. The van der Waals surface area contributed by atoms with Crippen LogP contribution in [0.5, 0.6) is 0 Å². The topological polar surface area (TPSA) is 97.3 Å². The number of cyclic esters (lactones) is 1. The Morgan fingerprint density at radius 3 is 2.93 bits per heavy atom. The van der Waals surface area contributed by atoms with Crippen LogP contribution in [0.4, 0.5) is 0 Å². The van der Waals surface area contributed by atoms with E-state index in [1.165, 1.54) is 0 Å². The maximum absolute atomic E-state index is 11.0. The molecular weight excluding hydrogens is 235 g/mol. The molecule has 0 aromatic heterocycles. The van der Waals surface area contributed by atoms with Crippen molar-refractivity contribution in [2.75, 3.05) is 20.2 Å². The van der Waals surface area contributed by atoms with E-state index in [0.29, 0.717) is 0 Å². The van der Waals surface area contributed by atoms with E-state index in [9.17, 15) is 15.2 Å². The fourth-order valence-electron chi connectivity index (χ4n) is 0.982. The molecule has 7 nitrogen and oxygen atoms in total. The van der Waals surface area contributed by atoms with E-state index in [1.54, 1.807) is 0 Å². The molecule has 0 bridgehead atoms. The van der Waals surface area contributed by atoms with Gasteiger partial charge in [0.1, 0.15) is 0 Å². The summed E-state index contributed by atoms with van der Waals surface area (Å²) in [5.74, 6) is -2.40. The van der Waals surface area contributed by atoms with Crippen LogP contribution in [0.25, 0.3) is 0 Å². The van der Waals surface area contributed by atoms with E-state index in [4.69, 9.17) is 4.74 Å². The van der Waals surface area contributed by atoms with Crippen molar-refractivity contribution in [3.63, 3.8) is 0 Å². The van der Waals surface area contributed by atoms with Crippen molar-refractivity contribution < 1.29 is 85.6 Å². The molecule has 1 aliphatic heterocycles. The van der Waals surface area contributed by atoms with Gasteiger partial charge >= 0.3 is 57.4 Å². The third-order valence-electron chi connectivity index (χ3n) is 1.71. The quantitative estimate of drug-likeness (QED) is 0.231. The van der Waals surface area contributed by atoms with E-state index in [-0.39, 0.29) is 84.4 Å². The molecule has 0 spiro atoms. The zero-order chi connectivity index (χ0) is 10.4. The van der Waals surface area contributed by atoms with Gasteiger partial charge in [0, 0.05) is 13.0 Å². The minimum atomic E-state index is -1.75. The first kappa shape index (κ1) is 15.9. The Hall–Kier alpha value is 0.906. The molecule has 0 amide bonds. The van der Waals surface area contributed by atoms with Gasteiger partial charge in [0.25, 0.3) is 0 Å². The molecule has 0 radical (unpaired) electrons. The number of carbonyl (C=O) groups is 1. The summed E-state index contributed by atoms with van der Waals surface area (Å²) < 4.78 is 14.1. The number of esters is 1. The molecule has 1 atom stereocenters. The Kier molecular flexibility index (Phi) is 8.55. The van der Waals surface area contributed by atoms with Crippen molar-refractivity contribution in [1.82, 2.24) is 0 Å². The smallest absolute Gasteiger partial charge is 0.723 e. The largest absolute Gasteiger partial charge is 1.00 e. The molecule has 1 saturated heterocycles. The van der Waals surface area contributed by atoms with Gasteiger partial charge < -0.3 is 29.5 Å². The van der Waals surface area contributed by atoms with Crippen LogP contribution in [-0.2, 0) is 23.9 Å². The number of rotatable bonds is 3. The summed E-state index contributed by atoms with van der Waals surface area (Å²) in [6, 6.07) is 0. The third-order valence-corrected chi connectivity index (χ3v) is 1.71. The Labute approximate surface area is 129 Å². The molecule has 15 heavy (non-hydrogen) atoms. The molecule has 82 valence electrons. The summed E-state index contributed by atoms with van der Waals surface area (Å²) in [6.45, 7) is -0.667. The van der Waals surface area contributed by atoms with Gasteiger partial charge in [-0.3, -0.25) is 4.79 Å². The van der Waals surface area contributed by atoms with Gasteiger partial charge in [0.15, 0.2) is 19.4 Å². The summed E-state index contributed by atoms with van der Waals surface area (Å²) >= 11 is 0.